The van der Waals surface area contributed by atoms with Gasteiger partial charge in [-0.3, -0.25) is 4.79 Å². The SMILES string of the molecule is CCCCCCC/C=C\C/C=C\C/C=C\CCCCCCCCCCCCCCCCCCCCCCCCCCC(=O)NC(COC1OC(CO)C(O)C(O)C1O)C(O)/C=C/CCCCCCCCCCCCCCCCC. The molecule has 1 rings (SSSR count). The first-order valence-corrected chi connectivity index (χ1v) is 34.4. The van der Waals surface area contributed by atoms with Crippen molar-refractivity contribution in [1.29, 1.82) is 0 Å². The summed E-state index contributed by atoms with van der Waals surface area (Å²) in [5, 5.41) is 54.6. The lowest BCUT2D eigenvalue weighted by molar-refractivity contribution is -0.302. The van der Waals surface area contributed by atoms with E-state index < -0.39 is 49.5 Å². The fourth-order valence-corrected chi connectivity index (χ4v) is 11.0. The molecule has 7 atom stereocenters. The first kappa shape index (κ1) is 75.2. The molecule has 7 unspecified atom stereocenters. The third-order valence-corrected chi connectivity index (χ3v) is 16.4. The lowest BCUT2D eigenvalue weighted by atomic mass is 9.99. The molecule has 1 heterocycles. The number of unbranched alkanes of at least 4 members (excludes halogenated alkanes) is 44. The molecule has 0 aliphatic carbocycles. The predicted molar refractivity (Wildman–Crippen MR) is 336 cm³/mol. The van der Waals surface area contributed by atoms with Gasteiger partial charge in [-0.05, 0) is 57.8 Å². The minimum atomic E-state index is -1.57. The van der Waals surface area contributed by atoms with E-state index in [0.717, 1.165) is 51.4 Å². The van der Waals surface area contributed by atoms with Gasteiger partial charge < -0.3 is 40.3 Å². The molecule has 79 heavy (non-hydrogen) atoms. The summed E-state index contributed by atoms with van der Waals surface area (Å²) in [5.41, 5.74) is 0. The number of carbonyl (C=O) groups is 1. The Labute approximate surface area is 488 Å². The number of allylic oxidation sites excluding steroid dienone is 7. The summed E-state index contributed by atoms with van der Waals surface area (Å²) in [6, 6.07) is -0.804. The van der Waals surface area contributed by atoms with E-state index in [9.17, 15) is 30.3 Å². The Balaban J connectivity index is 2.05. The number of amides is 1. The molecule has 0 spiro atoms. The molecule has 1 fully saturated rings. The van der Waals surface area contributed by atoms with Crippen molar-refractivity contribution in [1.82, 2.24) is 5.32 Å². The maximum Gasteiger partial charge on any atom is 0.220 e. The molecule has 464 valence electrons. The van der Waals surface area contributed by atoms with Crippen molar-refractivity contribution in [2.45, 2.75) is 378 Å². The highest BCUT2D eigenvalue weighted by Gasteiger charge is 2.44. The zero-order valence-corrected chi connectivity index (χ0v) is 51.9. The summed E-state index contributed by atoms with van der Waals surface area (Å²) in [6.07, 6.45) is 73.6. The second-order valence-electron chi connectivity index (χ2n) is 24.0. The molecule has 1 amide bonds. The molecule has 0 aromatic rings. The maximum absolute atomic E-state index is 13.1. The van der Waals surface area contributed by atoms with Gasteiger partial charge in [0.2, 0.25) is 5.91 Å². The zero-order valence-electron chi connectivity index (χ0n) is 51.9. The van der Waals surface area contributed by atoms with E-state index in [1.54, 1.807) is 6.08 Å². The number of aliphatic hydroxyl groups is 5. The number of hydrogen-bond acceptors (Lipinski definition) is 8. The molecule has 0 aromatic carbocycles. The van der Waals surface area contributed by atoms with E-state index >= 15 is 0 Å². The summed E-state index contributed by atoms with van der Waals surface area (Å²) < 4.78 is 11.3. The highest BCUT2D eigenvalue weighted by atomic mass is 16.7. The van der Waals surface area contributed by atoms with Gasteiger partial charge in [-0.15, -0.1) is 0 Å². The molecule has 0 aromatic heterocycles. The maximum atomic E-state index is 13.1. The highest BCUT2D eigenvalue weighted by molar-refractivity contribution is 5.76. The third kappa shape index (κ3) is 48.3. The van der Waals surface area contributed by atoms with Crippen molar-refractivity contribution in [3.63, 3.8) is 0 Å². The molecule has 1 aliphatic rings. The Morgan fingerprint density at radius 1 is 0.430 bits per heavy atom. The first-order valence-electron chi connectivity index (χ1n) is 34.4. The fraction of sp³-hybridized carbons (Fsp3) is 0.871. The van der Waals surface area contributed by atoms with Crippen molar-refractivity contribution < 1.29 is 39.8 Å². The molecular weight excluding hydrogens is 983 g/mol. The van der Waals surface area contributed by atoms with Crippen molar-refractivity contribution in [2.24, 2.45) is 0 Å². The molecule has 1 aliphatic heterocycles. The number of ether oxygens (including phenoxy) is 2. The van der Waals surface area contributed by atoms with Crippen LogP contribution in [0.3, 0.4) is 0 Å². The molecule has 0 saturated carbocycles. The summed E-state index contributed by atoms with van der Waals surface area (Å²) in [4.78, 5) is 13.1. The quantitative estimate of drug-likeness (QED) is 0.0261. The molecular formula is C70H131NO8. The Morgan fingerprint density at radius 2 is 0.747 bits per heavy atom. The Kier molecular flexibility index (Phi) is 56.4. The fourth-order valence-electron chi connectivity index (χ4n) is 11.0. The average molecular weight is 1110 g/mol. The van der Waals surface area contributed by atoms with Gasteiger partial charge in [0.25, 0.3) is 0 Å². The largest absolute Gasteiger partial charge is 0.394 e. The smallest absolute Gasteiger partial charge is 0.220 e. The van der Waals surface area contributed by atoms with Gasteiger partial charge in [0.05, 0.1) is 25.4 Å². The molecule has 1 saturated heterocycles. The molecule has 0 bridgehead atoms. The normalized spacial score (nSPS) is 18.8. The van der Waals surface area contributed by atoms with Crippen molar-refractivity contribution in [3.05, 3.63) is 48.6 Å². The number of carbonyl (C=O) groups excluding carboxylic acids is 1. The van der Waals surface area contributed by atoms with E-state index in [0.29, 0.717) is 6.42 Å². The van der Waals surface area contributed by atoms with Crippen LogP contribution in [0.4, 0.5) is 0 Å². The van der Waals surface area contributed by atoms with Gasteiger partial charge in [0.15, 0.2) is 6.29 Å². The van der Waals surface area contributed by atoms with Crippen LogP contribution in [-0.2, 0) is 14.3 Å². The van der Waals surface area contributed by atoms with Crippen LogP contribution in [0.1, 0.15) is 335 Å². The van der Waals surface area contributed by atoms with E-state index in [-0.39, 0.29) is 12.5 Å². The summed E-state index contributed by atoms with van der Waals surface area (Å²) in [6.45, 7) is 3.80. The zero-order chi connectivity index (χ0) is 57.2. The predicted octanol–water partition coefficient (Wildman–Crippen LogP) is 18.4. The summed E-state index contributed by atoms with van der Waals surface area (Å²) >= 11 is 0. The number of aliphatic hydroxyl groups excluding tert-OH is 5. The van der Waals surface area contributed by atoms with Crippen LogP contribution < -0.4 is 5.32 Å². The summed E-state index contributed by atoms with van der Waals surface area (Å²) in [7, 11) is 0. The van der Waals surface area contributed by atoms with Crippen LogP contribution in [0.25, 0.3) is 0 Å². The van der Waals surface area contributed by atoms with Gasteiger partial charge >= 0.3 is 0 Å². The molecule has 0 radical (unpaired) electrons. The van der Waals surface area contributed by atoms with Crippen molar-refractivity contribution in [2.75, 3.05) is 13.2 Å². The highest BCUT2D eigenvalue weighted by Crippen LogP contribution is 2.23. The third-order valence-electron chi connectivity index (χ3n) is 16.4. The van der Waals surface area contributed by atoms with E-state index in [2.05, 4.69) is 55.6 Å². The van der Waals surface area contributed by atoms with Gasteiger partial charge in [-0.1, -0.05) is 319 Å². The van der Waals surface area contributed by atoms with Gasteiger partial charge in [0, 0.05) is 6.42 Å². The van der Waals surface area contributed by atoms with E-state index in [1.165, 1.54) is 263 Å². The lowest BCUT2D eigenvalue weighted by Crippen LogP contribution is -2.60. The Bertz CT molecular complexity index is 1380. The average Bonchev–Trinajstić information content (AvgIpc) is 3.48. The van der Waals surface area contributed by atoms with E-state index in [1.807, 2.05) is 6.08 Å². The van der Waals surface area contributed by atoms with Crippen molar-refractivity contribution in [3.8, 4) is 0 Å². The molecule has 6 N–H and O–H groups in total. The van der Waals surface area contributed by atoms with Crippen LogP contribution in [0, 0.1) is 0 Å². The summed E-state index contributed by atoms with van der Waals surface area (Å²) in [5.74, 6) is -0.171. The molecule has 9 nitrogen and oxygen atoms in total. The second kappa shape index (κ2) is 59.3. The number of rotatable bonds is 60. The Hall–Kier alpha value is -1.85. The van der Waals surface area contributed by atoms with Crippen LogP contribution in [0.5, 0.6) is 0 Å². The van der Waals surface area contributed by atoms with Crippen LogP contribution in [0.15, 0.2) is 48.6 Å². The number of hydrogen-bond donors (Lipinski definition) is 6. The van der Waals surface area contributed by atoms with Gasteiger partial charge in [-0.2, -0.15) is 0 Å². The van der Waals surface area contributed by atoms with Gasteiger partial charge in [0.1, 0.15) is 24.4 Å². The van der Waals surface area contributed by atoms with Crippen molar-refractivity contribution >= 4 is 5.91 Å². The van der Waals surface area contributed by atoms with Crippen LogP contribution >= 0.6 is 0 Å². The monoisotopic (exact) mass is 1110 g/mol. The van der Waals surface area contributed by atoms with Gasteiger partial charge in [-0.25, -0.2) is 0 Å². The molecule has 9 heteroatoms. The first-order chi connectivity index (χ1) is 38.8. The topological polar surface area (TPSA) is 149 Å². The minimum Gasteiger partial charge on any atom is -0.394 e. The van der Waals surface area contributed by atoms with Crippen LogP contribution in [0.2, 0.25) is 0 Å². The van der Waals surface area contributed by atoms with E-state index in [4.69, 9.17) is 9.47 Å². The van der Waals surface area contributed by atoms with Crippen LogP contribution in [-0.4, -0.2) is 87.5 Å². The second-order valence-corrected chi connectivity index (χ2v) is 24.0. The minimum absolute atomic E-state index is 0.171. The number of nitrogens with one attached hydrogen (secondary N) is 1. The Morgan fingerprint density at radius 3 is 1.10 bits per heavy atom. The lowest BCUT2D eigenvalue weighted by Gasteiger charge is -2.40. The standard InChI is InChI=1S/C70H131NO8/c1-3-5-7-9-11-13-15-17-19-21-22-23-24-25-26-27-28-29-30-31-32-33-34-35-36-37-38-39-40-41-42-44-46-48-50-52-54-56-58-60-66(74)71-63(62-78-70-69(77)68(76)67(75)65(61-72)79-70)64(73)59-57-55-53-51-49-47-45-43-20-18-16-14-12-10-8-6-4-2/h15,17,21-22,24-25,57,59,63-65,67-70,72-73,75-77H,3-14,16,18-20,23,26-56,58,60-62H2,1-2H3,(H,71,74)/b17-15-,22-21-,25-24-,59-57+.